The van der Waals surface area contributed by atoms with Gasteiger partial charge in [0.1, 0.15) is 11.3 Å². The molecule has 3 heteroatoms. The fourth-order valence-electron chi connectivity index (χ4n) is 2.80. The monoisotopic (exact) mass is 257 g/mol. The van der Waals surface area contributed by atoms with Crippen molar-refractivity contribution in [3.63, 3.8) is 0 Å². The molecule has 19 heavy (non-hydrogen) atoms. The van der Waals surface area contributed by atoms with Gasteiger partial charge in [0, 0.05) is 18.5 Å². The fourth-order valence-corrected chi connectivity index (χ4v) is 2.80. The predicted molar refractivity (Wildman–Crippen MR) is 75.3 cm³/mol. The van der Waals surface area contributed by atoms with Gasteiger partial charge in [-0.1, -0.05) is 25.1 Å². The molecule has 1 saturated heterocycles. The van der Waals surface area contributed by atoms with Gasteiger partial charge in [0.15, 0.2) is 0 Å². The first-order valence-corrected chi connectivity index (χ1v) is 6.94. The average molecular weight is 257 g/mol. The highest BCUT2D eigenvalue weighted by molar-refractivity contribution is 6.07. The minimum Gasteiger partial charge on any atom is -0.461 e. The summed E-state index contributed by atoms with van der Waals surface area (Å²) in [6.07, 6.45) is 2.20. The van der Waals surface area contributed by atoms with Crippen molar-refractivity contribution in [1.82, 2.24) is 4.90 Å². The van der Waals surface area contributed by atoms with E-state index in [0.717, 1.165) is 54.1 Å². The second-order valence-electron chi connectivity index (χ2n) is 5.50. The van der Waals surface area contributed by atoms with E-state index in [1.165, 1.54) is 0 Å². The van der Waals surface area contributed by atoms with Gasteiger partial charge in [0.05, 0.1) is 5.56 Å². The minimum atomic E-state index is 0.120. The molecule has 0 saturated carbocycles. The third-order valence-corrected chi connectivity index (χ3v) is 4.06. The third kappa shape index (κ3) is 2.14. The topological polar surface area (TPSA) is 33.5 Å². The van der Waals surface area contributed by atoms with Crippen molar-refractivity contribution in [2.45, 2.75) is 26.7 Å². The largest absolute Gasteiger partial charge is 0.461 e. The summed E-state index contributed by atoms with van der Waals surface area (Å²) in [7, 11) is 0. The Morgan fingerprint density at radius 2 is 1.95 bits per heavy atom. The van der Waals surface area contributed by atoms with Crippen molar-refractivity contribution in [1.29, 1.82) is 0 Å². The molecule has 3 rings (SSSR count). The first kappa shape index (κ1) is 12.3. The van der Waals surface area contributed by atoms with Gasteiger partial charge >= 0.3 is 0 Å². The standard InChI is InChI=1S/C16H19NO2/c1-11-7-9-17(10-8-11)16(18)15-12(2)19-14-6-4-3-5-13(14)15/h3-6,11H,7-10H2,1-2H3. The number of para-hydroxylation sites is 1. The summed E-state index contributed by atoms with van der Waals surface area (Å²) in [6.45, 7) is 5.85. The second kappa shape index (κ2) is 4.72. The first-order valence-electron chi connectivity index (χ1n) is 6.94. The van der Waals surface area contributed by atoms with Crippen LogP contribution in [0.5, 0.6) is 0 Å². The predicted octanol–water partition coefficient (Wildman–Crippen LogP) is 3.61. The van der Waals surface area contributed by atoms with Gasteiger partial charge in [0.2, 0.25) is 0 Å². The smallest absolute Gasteiger partial charge is 0.258 e. The first-order chi connectivity index (χ1) is 9.16. The molecule has 0 spiro atoms. The number of amides is 1. The lowest BCUT2D eigenvalue weighted by Crippen LogP contribution is -2.38. The van der Waals surface area contributed by atoms with Crippen LogP contribution in [0.4, 0.5) is 0 Å². The molecule has 100 valence electrons. The SMILES string of the molecule is Cc1oc2ccccc2c1C(=O)N1CCC(C)CC1. The molecule has 0 unspecified atom stereocenters. The number of carbonyl (C=O) groups is 1. The molecule has 3 nitrogen and oxygen atoms in total. The zero-order valence-electron chi connectivity index (χ0n) is 11.5. The number of furan rings is 1. The van der Waals surface area contributed by atoms with Crippen molar-refractivity contribution in [3.8, 4) is 0 Å². The number of aryl methyl sites for hydroxylation is 1. The lowest BCUT2D eigenvalue weighted by atomic mass is 9.98. The quantitative estimate of drug-likeness (QED) is 0.782. The molecular weight excluding hydrogens is 238 g/mol. The van der Waals surface area contributed by atoms with E-state index in [0.29, 0.717) is 0 Å². The van der Waals surface area contributed by atoms with E-state index in [9.17, 15) is 4.79 Å². The molecule has 0 atom stereocenters. The van der Waals surface area contributed by atoms with Gasteiger partial charge in [-0.2, -0.15) is 0 Å². The number of fused-ring (bicyclic) bond motifs is 1. The van der Waals surface area contributed by atoms with Crippen molar-refractivity contribution in [3.05, 3.63) is 35.6 Å². The maximum Gasteiger partial charge on any atom is 0.258 e. The lowest BCUT2D eigenvalue weighted by Gasteiger charge is -2.30. The van der Waals surface area contributed by atoms with Crippen LogP contribution >= 0.6 is 0 Å². The molecule has 2 aromatic rings. The number of piperidine rings is 1. The number of hydrogen-bond acceptors (Lipinski definition) is 2. The Morgan fingerprint density at radius 3 is 2.68 bits per heavy atom. The van der Waals surface area contributed by atoms with Crippen molar-refractivity contribution >= 4 is 16.9 Å². The van der Waals surface area contributed by atoms with Crippen molar-refractivity contribution in [2.75, 3.05) is 13.1 Å². The second-order valence-corrected chi connectivity index (χ2v) is 5.50. The minimum absolute atomic E-state index is 0.120. The van der Waals surface area contributed by atoms with Crippen molar-refractivity contribution < 1.29 is 9.21 Å². The van der Waals surface area contributed by atoms with E-state index < -0.39 is 0 Å². The number of likely N-dealkylation sites (tertiary alicyclic amines) is 1. The van der Waals surface area contributed by atoms with Crippen LogP contribution in [0.1, 0.15) is 35.9 Å². The Bertz CT molecular complexity index is 606. The Hall–Kier alpha value is -1.77. The summed E-state index contributed by atoms with van der Waals surface area (Å²) < 4.78 is 5.68. The fraction of sp³-hybridized carbons (Fsp3) is 0.438. The van der Waals surface area contributed by atoms with Crippen LogP contribution in [-0.4, -0.2) is 23.9 Å². The summed E-state index contributed by atoms with van der Waals surface area (Å²) in [4.78, 5) is 14.6. The zero-order chi connectivity index (χ0) is 13.4. The van der Waals surface area contributed by atoms with Crippen LogP contribution < -0.4 is 0 Å². The molecule has 1 amide bonds. The van der Waals surface area contributed by atoms with Gasteiger partial charge in [-0.25, -0.2) is 0 Å². The third-order valence-electron chi connectivity index (χ3n) is 4.06. The van der Waals surface area contributed by atoms with Crippen molar-refractivity contribution in [2.24, 2.45) is 5.92 Å². The Labute approximate surface area is 113 Å². The highest BCUT2D eigenvalue weighted by Crippen LogP contribution is 2.28. The highest BCUT2D eigenvalue weighted by atomic mass is 16.3. The number of rotatable bonds is 1. The van der Waals surface area contributed by atoms with E-state index in [1.54, 1.807) is 0 Å². The molecule has 1 aromatic carbocycles. The summed E-state index contributed by atoms with van der Waals surface area (Å²) >= 11 is 0. The molecule has 0 aliphatic carbocycles. The van der Waals surface area contributed by atoms with Crippen LogP contribution in [0.2, 0.25) is 0 Å². The number of nitrogens with zero attached hydrogens (tertiary/aromatic N) is 1. The van der Waals surface area contributed by atoms with Gasteiger partial charge in [-0.05, 0) is 31.7 Å². The van der Waals surface area contributed by atoms with Gasteiger partial charge in [0.25, 0.3) is 5.91 Å². The molecule has 1 aliphatic heterocycles. The average Bonchev–Trinajstić information content (AvgIpc) is 2.74. The normalized spacial score (nSPS) is 17.1. The van der Waals surface area contributed by atoms with Crippen LogP contribution in [0, 0.1) is 12.8 Å². The maximum absolute atomic E-state index is 12.7. The van der Waals surface area contributed by atoms with E-state index in [-0.39, 0.29) is 5.91 Å². The number of hydrogen-bond donors (Lipinski definition) is 0. The van der Waals surface area contributed by atoms with Gasteiger partial charge in [-0.15, -0.1) is 0 Å². The number of carbonyl (C=O) groups excluding carboxylic acids is 1. The van der Waals surface area contributed by atoms with Gasteiger partial charge < -0.3 is 9.32 Å². The molecule has 1 aromatic heterocycles. The zero-order valence-corrected chi connectivity index (χ0v) is 11.5. The summed E-state index contributed by atoms with van der Waals surface area (Å²) in [6, 6.07) is 7.76. The highest BCUT2D eigenvalue weighted by Gasteiger charge is 2.25. The molecule has 0 radical (unpaired) electrons. The Kier molecular flexibility index (Phi) is 3.05. The molecule has 1 aliphatic rings. The maximum atomic E-state index is 12.7. The summed E-state index contributed by atoms with van der Waals surface area (Å²) in [5, 5.41) is 0.934. The van der Waals surface area contributed by atoms with Crippen LogP contribution in [0.25, 0.3) is 11.0 Å². The van der Waals surface area contributed by atoms with E-state index in [4.69, 9.17) is 4.42 Å². The molecule has 2 heterocycles. The summed E-state index contributed by atoms with van der Waals surface area (Å²) in [5.74, 6) is 1.57. The Balaban J connectivity index is 1.95. The molecule has 0 bridgehead atoms. The van der Waals surface area contributed by atoms with E-state index in [2.05, 4.69) is 6.92 Å². The molecular formula is C16H19NO2. The molecule has 1 fully saturated rings. The van der Waals surface area contributed by atoms with Crippen LogP contribution in [-0.2, 0) is 0 Å². The van der Waals surface area contributed by atoms with E-state index >= 15 is 0 Å². The summed E-state index contributed by atoms with van der Waals surface area (Å²) in [5.41, 5.74) is 1.54. The van der Waals surface area contributed by atoms with Gasteiger partial charge in [-0.3, -0.25) is 4.79 Å². The van der Waals surface area contributed by atoms with Crippen LogP contribution in [0.15, 0.2) is 28.7 Å². The Morgan fingerprint density at radius 1 is 1.26 bits per heavy atom. The van der Waals surface area contributed by atoms with E-state index in [1.807, 2.05) is 36.1 Å². The molecule has 0 N–H and O–H groups in total. The number of benzene rings is 1. The van der Waals surface area contributed by atoms with Crippen LogP contribution in [0.3, 0.4) is 0 Å². The lowest BCUT2D eigenvalue weighted by molar-refractivity contribution is 0.0697.